The Labute approximate surface area is 107 Å². The van der Waals surface area contributed by atoms with Crippen molar-refractivity contribution in [2.75, 3.05) is 0 Å². The molecule has 0 aliphatic carbocycles. The van der Waals surface area contributed by atoms with Crippen LogP contribution in [0.25, 0.3) is 0 Å². The lowest BCUT2D eigenvalue weighted by molar-refractivity contribution is 0.0364. The smallest absolute Gasteiger partial charge is 0.339 e. The molecule has 2 rings (SSSR count). The number of unbranched alkanes of at least 4 members (excludes halogenated alkanes) is 1. The summed E-state index contributed by atoms with van der Waals surface area (Å²) in [4.78, 5) is 15.9. The van der Waals surface area contributed by atoms with Crippen LogP contribution in [0.1, 0.15) is 55.1 Å². The first-order valence-corrected chi connectivity index (χ1v) is 6.27. The van der Waals surface area contributed by atoms with Crippen molar-refractivity contribution in [3.8, 4) is 0 Å². The third-order valence-electron chi connectivity index (χ3n) is 2.98. The fraction of sp³-hybridized carbons (Fsp3) is 0.429. The number of nitrogens with two attached hydrogens (primary N) is 1. The largest absolute Gasteiger partial charge is 0.454 e. The van der Waals surface area contributed by atoms with E-state index in [2.05, 4.69) is 11.9 Å². The molecule has 96 valence electrons. The maximum atomic E-state index is 11.8. The van der Waals surface area contributed by atoms with Crippen LogP contribution in [0.2, 0.25) is 0 Å². The van der Waals surface area contributed by atoms with Crippen LogP contribution in [0.5, 0.6) is 0 Å². The van der Waals surface area contributed by atoms with Crippen molar-refractivity contribution in [1.82, 2.24) is 0 Å². The molecule has 0 bridgehead atoms. The molecule has 1 aromatic carbocycles. The minimum absolute atomic E-state index is 0.0931. The maximum absolute atomic E-state index is 11.8. The predicted molar refractivity (Wildman–Crippen MR) is 71.1 cm³/mol. The molecule has 2 N–H and O–H groups in total. The molecule has 4 nitrogen and oxygen atoms in total. The second kappa shape index (κ2) is 5.21. The molecule has 1 unspecified atom stereocenters. The molecular formula is C14H18N2O2. The van der Waals surface area contributed by atoms with Gasteiger partial charge < -0.3 is 10.5 Å². The second-order valence-electron chi connectivity index (χ2n) is 4.56. The Balaban J connectivity index is 2.28. The van der Waals surface area contributed by atoms with E-state index in [-0.39, 0.29) is 12.1 Å². The summed E-state index contributed by atoms with van der Waals surface area (Å²) in [5.41, 5.74) is 7.83. The van der Waals surface area contributed by atoms with Gasteiger partial charge in [0.1, 0.15) is 6.10 Å². The number of nitrogens with zero attached hydrogens (tertiary/aromatic N) is 1. The Bertz CT molecular complexity index is 491. The molecule has 0 amide bonds. The van der Waals surface area contributed by atoms with Crippen LogP contribution < -0.4 is 5.73 Å². The van der Waals surface area contributed by atoms with E-state index in [4.69, 9.17) is 10.5 Å². The van der Waals surface area contributed by atoms with Gasteiger partial charge in [0, 0.05) is 5.56 Å². The van der Waals surface area contributed by atoms with Gasteiger partial charge >= 0.3 is 5.97 Å². The summed E-state index contributed by atoms with van der Waals surface area (Å²) in [5.74, 6) is 0.224. The molecule has 1 aliphatic rings. The van der Waals surface area contributed by atoms with Gasteiger partial charge in [-0.2, -0.15) is 0 Å². The Morgan fingerprint density at radius 2 is 2.28 bits per heavy atom. The Hall–Kier alpha value is -1.84. The van der Waals surface area contributed by atoms with Gasteiger partial charge in [0.05, 0.1) is 17.1 Å². The summed E-state index contributed by atoms with van der Waals surface area (Å²) >= 11 is 0. The molecule has 1 aromatic rings. The van der Waals surface area contributed by atoms with Gasteiger partial charge in [0.25, 0.3) is 0 Å². The number of aliphatic imine (C=N–C) groups is 1. The maximum Gasteiger partial charge on any atom is 0.339 e. The van der Waals surface area contributed by atoms with Crippen LogP contribution in [0.15, 0.2) is 23.2 Å². The lowest BCUT2D eigenvalue weighted by atomic mass is 10.0. The van der Waals surface area contributed by atoms with E-state index >= 15 is 0 Å². The van der Waals surface area contributed by atoms with E-state index in [0.29, 0.717) is 17.1 Å². The highest BCUT2D eigenvalue weighted by atomic mass is 16.5. The normalized spacial score (nSPS) is 18.7. The molecule has 1 aliphatic heterocycles. The number of rotatable bonds is 4. The number of hydrogen-bond donors (Lipinski definition) is 1. The number of amidine groups is 1. The number of ether oxygens (including phenoxy) is 1. The minimum atomic E-state index is -0.252. The number of hydrogen-bond acceptors (Lipinski definition) is 3. The van der Waals surface area contributed by atoms with E-state index in [1.165, 1.54) is 0 Å². The molecule has 0 spiro atoms. The van der Waals surface area contributed by atoms with Gasteiger partial charge in [-0.05, 0) is 31.9 Å². The summed E-state index contributed by atoms with van der Waals surface area (Å²) in [7, 11) is 0. The number of carbonyl (C=O) groups excluding carboxylic acids is 1. The molecule has 4 heteroatoms. The highest BCUT2D eigenvalue weighted by Gasteiger charge is 2.30. The summed E-state index contributed by atoms with van der Waals surface area (Å²) < 4.78 is 5.38. The highest BCUT2D eigenvalue weighted by Crippen LogP contribution is 2.36. The number of carbonyl (C=O) groups is 1. The van der Waals surface area contributed by atoms with Crippen LogP contribution >= 0.6 is 0 Å². The molecule has 0 aromatic heterocycles. The minimum Gasteiger partial charge on any atom is -0.454 e. The van der Waals surface area contributed by atoms with E-state index in [9.17, 15) is 4.79 Å². The highest BCUT2D eigenvalue weighted by molar-refractivity contribution is 5.95. The Morgan fingerprint density at radius 3 is 2.94 bits per heavy atom. The molecule has 0 fully saturated rings. The lowest BCUT2D eigenvalue weighted by Crippen LogP contribution is -2.04. The molecule has 0 saturated heterocycles. The molecule has 18 heavy (non-hydrogen) atoms. The number of fused-ring (bicyclic) bond motifs is 1. The zero-order chi connectivity index (χ0) is 13.1. The van der Waals surface area contributed by atoms with Crippen molar-refractivity contribution < 1.29 is 9.53 Å². The van der Waals surface area contributed by atoms with E-state index in [1.807, 2.05) is 12.1 Å². The van der Waals surface area contributed by atoms with Crippen molar-refractivity contribution in [1.29, 1.82) is 0 Å². The SMILES string of the molecule is CCCCC1OC(=O)c2cc(N=C(C)N)ccc21. The van der Waals surface area contributed by atoms with Crippen LogP contribution in [-0.2, 0) is 4.74 Å². The standard InChI is InChI=1S/C14H18N2O2/c1-3-4-5-13-11-7-6-10(16-9(2)15)8-12(11)14(17)18-13/h6-8,13H,3-5H2,1-2H3,(H2,15,16). The summed E-state index contributed by atoms with van der Waals surface area (Å²) in [6.45, 7) is 3.84. The average molecular weight is 246 g/mol. The van der Waals surface area contributed by atoms with E-state index in [1.54, 1.807) is 13.0 Å². The van der Waals surface area contributed by atoms with Crippen molar-refractivity contribution >= 4 is 17.5 Å². The van der Waals surface area contributed by atoms with Crippen LogP contribution in [0, 0.1) is 0 Å². The first-order chi connectivity index (χ1) is 8.61. The fourth-order valence-corrected chi connectivity index (χ4v) is 2.14. The first kappa shape index (κ1) is 12.6. The fourth-order valence-electron chi connectivity index (χ4n) is 2.14. The van der Waals surface area contributed by atoms with Gasteiger partial charge in [-0.15, -0.1) is 0 Å². The zero-order valence-electron chi connectivity index (χ0n) is 10.8. The number of cyclic esters (lactones) is 1. The molecule has 0 saturated carbocycles. The van der Waals surface area contributed by atoms with Crippen LogP contribution in [-0.4, -0.2) is 11.8 Å². The molecule has 1 atom stereocenters. The Kier molecular flexibility index (Phi) is 3.65. The van der Waals surface area contributed by atoms with E-state index < -0.39 is 0 Å². The third-order valence-corrected chi connectivity index (χ3v) is 2.98. The molecule has 0 radical (unpaired) electrons. The van der Waals surface area contributed by atoms with Gasteiger partial charge in [-0.1, -0.05) is 19.4 Å². The third kappa shape index (κ3) is 2.53. The second-order valence-corrected chi connectivity index (χ2v) is 4.56. The van der Waals surface area contributed by atoms with Crippen molar-refractivity contribution in [2.45, 2.75) is 39.2 Å². The Morgan fingerprint density at radius 1 is 1.50 bits per heavy atom. The van der Waals surface area contributed by atoms with Crippen LogP contribution in [0.3, 0.4) is 0 Å². The summed E-state index contributed by atoms with van der Waals surface area (Å²) in [5, 5.41) is 0. The monoisotopic (exact) mass is 246 g/mol. The summed E-state index contributed by atoms with van der Waals surface area (Å²) in [6.07, 6.45) is 2.94. The van der Waals surface area contributed by atoms with Crippen molar-refractivity contribution in [3.05, 3.63) is 29.3 Å². The number of benzene rings is 1. The lowest BCUT2D eigenvalue weighted by Gasteiger charge is -2.09. The van der Waals surface area contributed by atoms with Gasteiger partial charge in [-0.3, -0.25) is 0 Å². The van der Waals surface area contributed by atoms with Gasteiger partial charge in [0.2, 0.25) is 0 Å². The molecule has 1 heterocycles. The van der Waals surface area contributed by atoms with Crippen molar-refractivity contribution in [2.24, 2.45) is 10.7 Å². The zero-order valence-corrected chi connectivity index (χ0v) is 10.8. The topological polar surface area (TPSA) is 64.7 Å². The quantitative estimate of drug-likeness (QED) is 0.504. The molecular weight excluding hydrogens is 228 g/mol. The van der Waals surface area contributed by atoms with Gasteiger partial charge in [-0.25, -0.2) is 9.79 Å². The first-order valence-electron chi connectivity index (χ1n) is 6.27. The van der Waals surface area contributed by atoms with E-state index in [0.717, 1.165) is 24.8 Å². The van der Waals surface area contributed by atoms with Gasteiger partial charge in [0.15, 0.2) is 0 Å². The predicted octanol–water partition coefficient (Wildman–Crippen LogP) is 3.10. The summed E-state index contributed by atoms with van der Waals surface area (Å²) in [6, 6.07) is 5.54. The number of esters is 1. The average Bonchev–Trinajstić information content (AvgIpc) is 2.63. The van der Waals surface area contributed by atoms with Crippen LogP contribution in [0.4, 0.5) is 5.69 Å². The van der Waals surface area contributed by atoms with Crippen molar-refractivity contribution in [3.63, 3.8) is 0 Å².